The first-order chi connectivity index (χ1) is 12.7. The third-order valence-electron chi connectivity index (χ3n) is 4.75. The molecular formula is C21H33N3O3. The molecule has 150 valence electrons. The van der Waals surface area contributed by atoms with Crippen molar-refractivity contribution >= 4 is 12.0 Å². The Morgan fingerprint density at radius 3 is 2.44 bits per heavy atom. The molecule has 1 fully saturated rings. The molecule has 0 unspecified atom stereocenters. The molecule has 0 aliphatic carbocycles. The number of hydrogen-bond acceptors (Lipinski definition) is 4. The van der Waals surface area contributed by atoms with E-state index >= 15 is 0 Å². The first-order valence-electron chi connectivity index (χ1n) is 9.80. The van der Waals surface area contributed by atoms with Crippen molar-refractivity contribution in [3.05, 3.63) is 35.9 Å². The lowest BCUT2D eigenvalue weighted by Gasteiger charge is -2.33. The maximum absolute atomic E-state index is 12.2. The van der Waals surface area contributed by atoms with Crippen LogP contribution in [0.3, 0.4) is 0 Å². The summed E-state index contributed by atoms with van der Waals surface area (Å²) in [6, 6.07) is 9.27. The van der Waals surface area contributed by atoms with Crippen molar-refractivity contribution < 1.29 is 14.3 Å². The molecule has 0 bridgehead atoms. The van der Waals surface area contributed by atoms with Crippen LogP contribution in [-0.4, -0.2) is 48.2 Å². The van der Waals surface area contributed by atoms with Gasteiger partial charge in [0.15, 0.2) is 0 Å². The standard InChI is InChI=1S/C21H33N3O3/c1-21(2,3)27-20(26)24-13-10-16(11-14-24)9-12-23-19(25)18(22)15-17-7-5-4-6-8-17/h4-8,16,18H,9-15,22H2,1-3H3,(H,23,25)/t18-/m1/s1. The molecule has 6 heteroatoms. The number of carbonyl (C=O) groups excluding carboxylic acids is 2. The lowest BCUT2D eigenvalue weighted by Crippen LogP contribution is -2.44. The SMILES string of the molecule is CC(C)(C)OC(=O)N1CCC(CCNC(=O)[C@H](N)Cc2ccccc2)CC1. The summed E-state index contributed by atoms with van der Waals surface area (Å²) in [5, 5.41) is 2.95. The first kappa shape index (κ1) is 21.2. The van der Waals surface area contributed by atoms with E-state index in [1.807, 2.05) is 51.1 Å². The van der Waals surface area contributed by atoms with Crippen LogP contribution < -0.4 is 11.1 Å². The summed E-state index contributed by atoms with van der Waals surface area (Å²) in [5.74, 6) is 0.402. The second-order valence-corrected chi connectivity index (χ2v) is 8.29. The highest BCUT2D eigenvalue weighted by Gasteiger charge is 2.26. The maximum Gasteiger partial charge on any atom is 0.410 e. The Morgan fingerprint density at radius 1 is 1.22 bits per heavy atom. The molecule has 6 nitrogen and oxygen atoms in total. The summed E-state index contributed by atoms with van der Waals surface area (Å²) in [7, 11) is 0. The van der Waals surface area contributed by atoms with Crippen LogP contribution in [0.5, 0.6) is 0 Å². The number of carbonyl (C=O) groups is 2. The van der Waals surface area contributed by atoms with Crippen LogP contribution in [0, 0.1) is 5.92 Å². The smallest absolute Gasteiger partial charge is 0.410 e. The lowest BCUT2D eigenvalue weighted by molar-refractivity contribution is -0.122. The van der Waals surface area contributed by atoms with Gasteiger partial charge in [0.25, 0.3) is 0 Å². The fourth-order valence-corrected chi connectivity index (χ4v) is 3.22. The molecule has 2 rings (SSSR count). The molecule has 1 aromatic carbocycles. The minimum atomic E-state index is -0.526. The van der Waals surface area contributed by atoms with Crippen LogP contribution in [0.1, 0.15) is 45.6 Å². The molecule has 1 aliphatic rings. The number of rotatable bonds is 6. The van der Waals surface area contributed by atoms with Crippen LogP contribution in [0.15, 0.2) is 30.3 Å². The second kappa shape index (κ2) is 9.74. The summed E-state index contributed by atoms with van der Waals surface area (Å²) in [6.07, 6.45) is 3.09. The van der Waals surface area contributed by atoms with Gasteiger partial charge in [0.2, 0.25) is 5.91 Å². The number of amides is 2. The maximum atomic E-state index is 12.2. The lowest BCUT2D eigenvalue weighted by atomic mass is 9.93. The highest BCUT2D eigenvalue weighted by Crippen LogP contribution is 2.21. The summed E-state index contributed by atoms with van der Waals surface area (Å²) in [4.78, 5) is 26.0. The zero-order valence-electron chi connectivity index (χ0n) is 16.7. The Hall–Kier alpha value is -2.08. The molecule has 1 heterocycles. The van der Waals surface area contributed by atoms with Crippen LogP contribution in [-0.2, 0) is 16.0 Å². The normalized spacial score (nSPS) is 16.7. The Bertz CT molecular complexity index is 605. The van der Waals surface area contributed by atoms with Crippen molar-refractivity contribution in [2.75, 3.05) is 19.6 Å². The topological polar surface area (TPSA) is 84.7 Å². The van der Waals surface area contributed by atoms with Gasteiger partial charge in [0.05, 0.1) is 6.04 Å². The number of hydrogen-bond donors (Lipinski definition) is 2. The van der Waals surface area contributed by atoms with E-state index in [1.165, 1.54) is 0 Å². The molecule has 0 radical (unpaired) electrons. The van der Waals surface area contributed by atoms with Crippen LogP contribution in [0.25, 0.3) is 0 Å². The Morgan fingerprint density at radius 2 is 1.85 bits per heavy atom. The van der Waals surface area contributed by atoms with Crippen molar-refractivity contribution in [1.82, 2.24) is 10.2 Å². The van der Waals surface area contributed by atoms with Crippen molar-refractivity contribution in [2.45, 2.75) is 58.1 Å². The Kier molecular flexibility index (Phi) is 7.66. The van der Waals surface area contributed by atoms with Gasteiger partial charge < -0.3 is 20.7 Å². The van der Waals surface area contributed by atoms with Gasteiger partial charge in [0.1, 0.15) is 5.60 Å². The molecule has 0 saturated carbocycles. The summed E-state index contributed by atoms with van der Waals surface area (Å²) in [5.41, 5.74) is 6.60. The Labute approximate surface area is 162 Å². The molecule has 1 aliphatic heterocycles. The van der Waals surface area contributed by atoms with E-state index in [9.17, 15) is 9.59 Å². The summed E-state index contributed by atoms with van der Waals surface area (Å²) >= 11 is 0. The minimum Gasteiger partial charge on any atom is -0.444 e. The number of piperidine rings is 1. The predicted octanol–water partition coefficient (Wildman–Crippen LogP) is 2.71. The summed E-state index contributed by atoms with van der Waals surface area (Å²) in [6.45, 7) is 7.68. The molecule has 1 atom stereocenters. The molecule has 1 saturated heterocycles. The largest absolute Gasteiger partial charge is 0.444 e. The van der Waals surface area contributed by atoms with E-state index in [4.69, 9.17) is 10.5 Å². The van der Waals surface area contributed by atoms with Crippen LogP contribution >= 0.6 is 0 Å². The summed E-state index contributed by atoms with van der Waals surface area (Å²) < 4.78 is 5.42. The molecule has 0 aromatic heterocycles. The molecule has 1 aromatic rings. The molecule has 2 amide bonds. The number of ether oxygens (including phenoxy) is 1. The fourth-order valence-electron chi connectivity index (χ4n) is 3.22. The highest BCUT2D eigenvalue weighted by atomic mass is 16.6. The number of nitrogens with one attached hydrogen (secondary N) is 1. The fraction of sp³-hybridized carbons (Fsp3) is 0.619. The van der Waals surface area contributed by atoms with Gasteiger partial charge in [-0.15, -0.1) is 0 Å². The van der Waals surface area contributed by atoms with Gasteiger partial charge in [-0.05, 0) is 57.9 Å². The van der Waals surface area contributed by atoms with E-state index in [0.29, 0.717) is 32.0 Å². The van der Waals surface area contributed by atoms with Crippen molar-refractivity contribution in [2.24, 2.45) is 11.7 Å². The molecular weight excluding hydrogens is 342 g/mol. The van der Waals surface area contributed by atoms with Crippen molar-refractivity contribution in [3.63, 3.8) is 0 Å². The van der Waals surface area contributed by atoms with Crippen LogP contribution in [0.4, 0.5) is 4.79 Å². The third kappa shape index (κ3) is 7.59. The van der Waals surface area contributed by atoms with Crippen molar-refractivity contribution in [1.29, 1.82) is 0 Å². The molecule has 0 spiro atoms. The predicted molar refractivity (Wildman–Crippen MR) is 106 cm³/mol. The quantitative estimate of drug-likeness (QED) is 0.801. The zero-order valence-corrected chi connectivity index (χ0v) is 16.7. The second-order valence-electron chi connectivity index (χ2n) is 8.29. The number of nitrogens with zero attached hydrogens (tertiary/aromatic N) is 1. The van der Waals surface area contributed by atoms with E-state index < -0.39 is 11.6 Å². The number of benzene rings is 1. The number of nitrogens with two attached hydrogens (primary N) is 1. The van der Waals surface area contributed by atoms with E-state index in [2.05, 4.69) is 5.32 Å². The van der Waals surface area contributed by atoms with Gasteiger partial charge in [-0.2, -0.15) is 0 Å². The monoisotopic (exact) mass is 375 g/mol. The van der Waals surface area contributed by atoms with Crippen molar-refractivity contribution in [3.8, 4) is 0 Å². The van der Waals surface area contributed by atoms with Gasteiger partial charge in [-0.3, -0.25) is 4.79 Å². The first-order valence-corrected chi connectivity index (χ1v) is 9.80. The molecule has 3 N–H and O–H groups in total. The minimum absolute atomic E-state index is 0.106. The van der Waals surface area contributed by atoms with Gasteiger partial charge in [0, 0.05) is 19.6 Å². The zero-order chi connectivity index (χ0) is 19.9. The third-order valence-corrected chi connectivity index (χ3v) is 4.75. The molecule has 27 heavy (non-hydrogen) atoms. The van der Waals surface area contributed by atoms with E-state index in [1.54, 1.807) is 4.90 Å². The Balaban J connectivity index is 1.64. The van der Waals surface area contributed by atoms with E-state index in [-0.39, 0.29) is 12.0 Å². The van der Waals surface area contributed by atoms with Gasteiger partial charge in [-0.25, -0.2) is 4.79 Å². The number of likely N-dealkylation sites (tertiary alicyclic amines) is 1. The van der Waals surface area contributed by atoms with Crippen LogP contribution in [0.2, 0.25) is 0 Å². The average Bonchev–Trinajstić information content (AvgIpc) is 2.61. The van der Waals surface area contributed by atoms with E-state index in [0.717, 1.165) is 24.8 Å². The van der Waals surface area contributed by atoms with Gasteiger partial charge in [-0.1, -0.05) is 30.3 Å². The van der Waals surface area contributed by atoms with Gasteiger partial charge >= 0.3 is 6.09 Å². The highest BCUT2D eigenvalue weighted by molar-refractivity contribution is 5.81. The average molecular weight is 376 g/mol.